The van der Waals surface area contributed by atoms with E-state index in [0.29, 0.717) is 12.5 Å². The smallest absolute Gasteiger partial charge is 0.144 e. The summed E-state index contributed by atoms with van der Waals surface area (Å²) in [5.41, 5.74) is 0.996. The van der Waals surface area contributed by atoms with Crippen molar-refractivity contribution >= 4 is 5.82 Å². The van der Waals surface area contributed by atoms with Crippen molar-refractivity contribution in [3.05, 3.63) is 18.1 Å². The molecular weight excluding hydrogens is 228 g/mol. The fourth-order valence-electron chi connectivity index (χ4n) is 2.38. The number of likely N-dealkylation sites (tertiary alicyclic amines) is 1. The third-order valence-electron chi connectivity index (χ3n) is 3.31. The molecule has 0 amide bonds. The zero-order valence-electron chi connectivity index (χ0n) is 11.0. The molecule has 5 heteroatoms. The van der Waals surface area contributed by atoms with Gasteiger partial charge in [-0.25, -0.2) is 4.98 Å². The highest BCUT2D eigenvalue weighted by Gasteiger charge is 2.19. The van der Waals surface area contributed by atoms with E-state index in [1.165, 1.54) is 0 Å². The van der Waals surface area contributed by atoms with E-state index >= 15 is 0 Å². The minimum absolute atomic E-state index is 0.293. The number of rotatable bonds is 5. The van der Waals surface area contributed by atoms with Crippen LogP contribution in [-0.4, -0.2) is 46.2 Å². The summed E-state index contributed by atoms with van der Waals surface area (Å²) in [5, 5.41) is 12.3. The molecule has 1 fully saturated rings. The molecule has 100 valence electrons. The fourth-order valence-corrected chi connectivity index (χ4v) is 2.38. The maximum atomic E-state index is 9.21. The third kappa shape index (κ3) is 3.65. The van der Waals surface area contributed by atoms with Crippen molar-refractivity contribution in [2.75, 3.05) is 31.6 Å². The topological polar surface area (TPSA) is 61.3 Å². The molecule has 2 N–H and O–H groups in total. The molecule has 0 radical (unpaired) electrons. The number of aliphatic hydroxyl groups excluding tert-OH is 1. The van der Waals surface area contributed by atoms with Gasteiger partial charge in [-0.3, -0.25) is 9.88 Å². The molecule has 0 aromatic carbocycles. The largest absolute Gasteiger partial charge is 0.396 e. The fraction of sp³-hybridized carbons (Fsp3) is 0.692. The molecule has 1 aromatic heterocycles. The summed E-state index contributed by atoms with van der Waals surface area (Å²) in [7, 11) is 0. The lowest BCUT2D eigenvalue weighted by atomic mass is 9.99. The van der Waals surface area contributed by atoms with Gasteiger partial charge in [0.05, 0.1) is 18.1 Å². The van der Waals surface area contributed by atoms with Gasteiger partial charge in [-0.05, 0) is 32.2 Å². The Morgan fingerprint density at radius 1 is 1.44 bits per heavy atom. The van der Waals surface area contributed by atoms with Crippen LogP contribution in [0.1, 0.15) is 25.5 Å². The van der Waals surface area contributed by atoms with Gasteiger partial charge < -0.3 is 10.4 Å². The Hall–Kier alpha value is -1.20. The molecule has 2 rings (SSSR count). The number of aliphatic hydroxyl groups is 1. The second-order valence-electron chi connectivity index (χ2n) is 4.85. The minimum atomic E-state index is 0.293. The van der Waals surface area contributed by atoms with Gasteiger partial charge in [0.2, 0.25) is 0 Å². The van der Waals surface area contributed by atoms with E-state index in [1.807, 2.05) is 13.1 Å². The number of piperidine rings is 1. The predicted molar refractivity (Wildman–Crippen MR) is 71.3 cm³/mol. The second kappa shape index (κ2) is 6.66. The first-order chi connectivity index (χ1) is 8.81. The van der Waals surface area contributed by atoms with Crippen LogP contribution in [0.4, 0.5) is 5.82 Å². The summed E-state index contributed by atoms with van der Waals surface area (Å²) in [6.45, 7) is 6.08. The van der Waals surface area contributed by atoms with Crippen LogP contribution in [0.3, 0.4) is 0 Å². The maximum Gasteiger partial charge on any atom is 0.144 e. The van der Waals surface area contributed by atoms with E-state index in [-0.39, 0.29) is 0 Å². The van der Waals surface area contributed by atoms with Crippen molar-refractivity contribution in [3.63, 3.8) is 0 Å². The maximum absolute atomic E-state index is 9.21. The summed E-state index contributed by atoms with van der Waals surface area (Å²) in [4.78, 5) is 11.1. The van der Waals surface area contributed by atoms with Crippen molar-refractivity contribution in [2.24, 2.45) is 5.92 Å². The van der Waals surface area contributed by atoms with Gasteiger partial charge in [0, 0.05) is 26.2 Å². The molecule has 1 aliphatic rings. The van der Waals surface area contributed by atoms with Crippen LogP contribution in [0.15, 0.2) is 12.4 Å². The quantitative estimate of drug-likeness (QED) is 0.820. The summed E-state index contributed by atoms with van der Waals surface area (Å²) in [6.07, 6.45) is 5.92. The van der Waals surface area contributed by atoms with Gasteiger partial charge in [0.15, 0.2) is 0 Å². The number of nitrogens with zero attached hydrogens (tertiary/aromatic N) is 3. The molecule has 1 aromatic rings. The highest BCUT2D eigenvalue weighted by molar-refractivity contribution is 5.30. The van der Waals surface area contributed by atoms with Gasteiger partial charge in [-0.2, -0.15) is 0 Å². The van der Waals surface area contributed by atoms with Gasteiger partial charge in [-0.15, -0.1) is 0 Å². The number of nitrogens with one attached hydrogen (secondary N) is 1. The van der Waals surface area contributed by atoms with E-state index < -0.39 is 0 Å². The number of anilines is 1. The second-order valence-corrected chi connectivity index (χ2v) is 4.85. The van der Waals surface area contributed by atoms with Crippen LogP contribution >= 0.6 is 0 Å². The predicted octanol–water partition coefficient (Wildman–Crippen LogP) is 1.11. The standard InChI is InChI=1S/C13H22N4O/c1-2-14-13-7-15-12(6-16-13)9-17-5-3-4-11(8-17)10-18/h6-7,11,18H,2-5,8-10H2,1H3,(H,14,16). The molecule has 1 saturated heterocycles. The number of hydrogen-bond acceptors (Lipinski definition) is 5. The van der Waals surface area contributed by atoms with E-state index in [1.54, 1.807) is 6.20 Å². The van der Waals surface area contributed by atoms with Gasteiger partial charge >= 0.3 is 0 Å². The Morgan fingerprint density at radius 3 is 3.00 bits per heavy atom. The van der Waals surface area contributed by atoms with Crippen molar-refractivity contribution in [1.82, 2.24) is 14.9 Å². The highest BCUT2D eigenvalue weighted by Crippen LogP contribution is 2.17. The van der Waals surface area contributed by atoms with Crippen molar-refractivity contribution in [1.29, 1.82) is 0 Å². The zero-order valence-corrected chi connectivity index (χ0v) is 11.0. The molecule has 2 heterocycles. The number of hydrogen-bond donors (Lipinski definition) is 2. The van der Waals surface area contributed by atoms with Gasteiger partial charge in [0.25, 0.3) is 0 Å². The molecule has 5 nitrogen and oxygen atoms in total. The first kappa shape index (κ1) is 13.2. The molecule has 0 spiro atoms. The molecule has 1 unspecified atom stereocenters. The third-order valence-corrected chi connectivity index (χ3v) is 3.31. The first-order valence-corrected chi connectivity index (χ1v) is 6.69. The van der Waals surface area contributed by atoms with Gasteiger partial charge in [0.1, 0.15) is 5.82 Å². The SMILES string of the molecule is CCNc1cnc(CN2CCCC(CO)C2)cn1. The van der Waals surface area contributed by atoms with Crippen molar-refractivity contribution < 1.29 is 5.11 Å². The van der Waals surface area contributed by atoms with E-state index in [9.17, 15) is 5.11 Å². The zero-order chi connectivity index (χ0) is 12.8. The van der Waals surface area contributed by atoms with E-state index in [0.717, 1.165) is 50.5 Å². The van der Waals surface area contributed by atoms with Crippen molar-refractivity contribution in [3.8, 4) is 0 Å². The average Bonchev–Trinajstić information content (AvgIpc) is 2.42. The minimum Gasteiger partial charge on any atom is -0.396 e. The van der Waals surface area contributed by atoms with Crippen molar-refractivity contribution in [2.45, 2.75) is 26.3 Å². The summed E-state index contributed by atoms with van der Waals surface area (Å²) in [5.74, 6) is 1.25. The van der Waals surface area contributed by atoms with E-state index in [4.69, 9.17) is 0 Å². The molecule has 0 saturated carbocycles. The monoisotopic (exact) mass is 250 g/mol. The molecule has 0 bridgehead atoms. The number of aromatic nitrogens is 2. The Balaban J connectivity index is 1.88. The lowest BCUT2D eigenvalue weighted by molar-refractivity contribution is 0.115. The normalized spacial score (nSPS) is 20.9. The van der Waals surface area contributed by atoms with Crippen LogP contribution in [0.5, 0.6) is 0 Å². The Kier molecular flexibility index (Phi) is 4.90. The molecule has 1 aliphatic heterocycles. The van der Waals surface area contributed by atoms with Crippen LogP contribution < -0.4 is 5.32 Å². The Bertz CT molecular complexity index is 355. The lowest BCUT2D eigenvalue weighted by Crippen LogP contribution is -2.36. The molecule has 1 atom stereocenters. The summed E-state index contributed by atoms with van der Waals surface area (Å²) >= 11 is 0. The van der Waals surface area contributed by atoms with Crippen LogP contribution in [0.2, 0.25) is 0 Å². The van der Waals surface area contributed by atoms with Crippen LogP contribution in [-0.2, 0) is 6.54 Å². The molecule has 18 heavy (non-hydrogen) atoms. The lowest BCUT2D eigenvalue weighted by Gasteiger charge is -2.31. The highest BCUT2D eigenvalue weighted by atomic mass is 16.3. The van der Waals surface area contributed by atoms with Crippen LogP contribution in [0, 0.1) is 5.92 Å². The Morgan fingerprint density at radius 2 is 2.33 bits per heavy atom. The summed E-state index contributed by atoms with van der Waals surface area (Å²) in [6, 6.07) is 0. The van der Waals surface area contributed by atoms with Gasteiger partial charge in [-0.1, -0.05) is 0 Å². The molecule has 0 aliphatic carbocycles. The van der Waals surface area contributed by atoms with Crippen LogP contribution in [0.25, 0.3) is 0 Å². The summed E-state index contributed by atoms with van der Waals surface area (Å²) < 4.78 is 0. The average molecular weight is 250 g/mol. The first-order valence-electron chi connectivity index (χ1n) is 6.69. The molecular formula is C13H22N4O. The van der Waals surface area contributed by atoms with E-state index in [2.05, 4.69) is 20.2 Å². The Labute approximate surface area is 108 Å².